The first-order chi connectivity index (χ1) is 11.1. The molecule has 3 aromatic rings. The third kappa shape index (κ3) is 3.15. The number of pyridine rings is 1. The molecule has 1 N–H and O–H groups in total. The third-order valence-electron chi connectivity index (χ3n) is 4.11. The summed E-state index contributed by atoms with van der Waals surface area (Å²) < 4.78 is 13.2. The van der Waals surface area contributed by atoms with Crippen molar-refractivity contribution in [3.63, 3.8) is 0 Å². The van der Waals surface area contributed by atoms with E-state index in [2.05, 4.69) is 4.98 Å². The van der Waals surface area contributed by atoms with Gasteiger partial charge in [0.05, 0.1) is 17.2 Å². The smallest absolute Gasteiger partial charge is 0.123 e. The summed E-state index contributed by atoms with van der Waals surface area (Å²) in [5, 5.41) is 11.3. The first kappa shape index (κ1) is 15.4. The molecule has 0 saturated heterocycles. The van der Waals surface area contributed by atoms with Crippen molar-refractivity contribution in [2.75, 3.05) is 0 Å². The predicted octanol–water partition coefficient (Wildman–Crippen LogP) is 4.26. The van der Waals surface area contributed by atoms with Crippen molar-refractivity contribution in [1.82, 2.24) is 4.98 Å². The van der Waals surface area contributed by atoms with Crippen LogP contribution < -0.4 is 0 Å². The van der Waals surface area contributed by atoms with Gasteiger partial charge in [0.25, 0.3) is 0 Å². The molecule has 1 heterocycles. The van der Waals surface area contributed by atoms with E-state index in [9.17, 15) is 9.50 Å². The molecule has 0 aliphatic rings. The van der Waals surface area contributed by atoms with Crippen molar-refractivity contribution < 1.29 is 9.50 Å². The molecule has 116 valence electrons. The largest absolute Gasteiger partial charge is 0.384 e. The average Bonchev–Trinajstić information content (AvgIpc) is 2.57. The molecular formula is C20H18FNO. The highest BCUT2D eigenvalue weighted by Crippen LogP contribution is 2.40. The number of benzene rings is 2. The summed E-state index contributed by atoms with van der Waals surface area (Å²) in [7, 11) is 0. The van der Waals surface area contributed by atoms with Gasteiger partial charge in [0, 0.05) is 6.20 Å². The van der Waals surface area contributed by atoms with Crippen LogP contribution in [0.3, 0.4) is 0 Å². The first-order valence-corrected chi connectivity index (χ1v) is 7.53. The number of halogens is 1. The van der Waals surface area contributed by atoms with Gasteiger partial charge in [0.2, 0.25) is 0 Å². The fraction of sp³-hybridized carbons (Fsp3) is 0.150. The zero-order valence-corrected chi connectivity index (χ0v) is 12.9. The van der Waals surface area contributed by atoms with E-state index < -0.39 is 5.60 Å². The molecule has 0 fully saturated rings. The van der Waals surface area contributed by atoms with Crippen LogP contribution in [0.4, 0.5) is 4.39 Å². The van der Waals surface area contributed by atoms with E-state index in [1.165, 1.54) is 12.1 Å². The summed E-state index contributed by atoms with van der Waals surface area (Å²) in [6.45, 7) is 1.74. The highest BCUT2D eigenvalue weighted by molar-refractivity contribution is 5.37. The fourth-order valence-electron chi connectivity index (χ4n) is 2.93. The van der Waals surface area contributed by atoms with Crippen molar-refractivity contribution in [2.24, 2.45) is 0 Å². The van der Waals surface area contributed by atoms with Gasteiger partial charge in [-0.25, -0.2) is 4.39 Å². The van der Waals surface area contributed by atoms with Crippen LogP contribution in [0.1, 0.15) is 29.7 Å². The summed E-state index contributed by atoms with van der Waals surface area (Å²) in [6.07, 6.45) is 1.71. The Kier molecular flexibility index (Phi) is 4.22. The molecular weight excluding hydrogens is 289 g/mol. The summed E-state index contributed by atoms with van der Waals surface area (Å²) in [5.74, 6) is -0.672. The SMILES string of the molecule is C[C@@](O)(c1ccc(F)cc1)[C@H](c1ccccc1)c1ccccn1. The second-order valence-electron chi connectivity index (χ2n) is 5.75. The van der Waals surface area contributed by atoms with Gasteiger partial charge >= 0.3 is 0 Å². The van der Waals surface area contributed by atoms with Crippen LogP contribution in [0.5, 0.6) is 0 Å². The van der Waals surface area contributed by atoms with Gasteiger partial charge in [-0.1, -0.05) is 48.5 Å². The molecule has 0 aliphatic heterocycles. The maximum Gasteiger partial charge on any atom is 0.123 e. The number of aromatic nitrogens is 1. The molecule has 0 aliphatic carbocycles. The summed E-state index contributed by atoms with van der Waals surface area (Å²) in [6, 6.07) is 21.4. The van der Waals surface area contributed by atoms with Crippen LogP contribution in [-0.2, 0) is 5.60 Å². The lowest BCUT2D eigenvalue weighted by Crippen LogP contribution is -2.31. The Morgan fingerprint density at radius 2 is 1.57 bits per heavy atom. The van der Waals surface area contributed by atoms with Gasteiger partial charge in [-0.2, -0.15) is 0 Å². The number of hydrogen-bond acceptors (Lipinski definition) is 2. The molecule has 0 saturated carbocycles. The molecule has 23 heavy (non-hydrogen) atoms. The molecule has 2 atom stereocenters. The minimum absolute atomic E-state index is 0.321. The predicted molar refractivity (Wildman–Crippen MR) is 88.5 cm³/mol. The van der Waals surface area contributed by atoms with Gasteiger partial charge in [0.1, 0.15) is 5.82 Å². The first-order valence-electron chi connectivity index (χ1n) is 7.53. The molecule has 0 bridgehead atoms. The van der Waals surface area contributed by atoms with E-state index >= 15 is 0 Å². The van der Waals surface area contributed by atoms with Crippen molar-refractivity contribution in [3.8, 4) is 0 Å². The van der Waals surface area contributed by atoms with Crippen molar-refractivity contribution in [3.05, 3.63) is 102 Å². The summed E-state index contributed by atoms with van der Waals surface area (Å²) in [4.78, 5) is 4.43. The van der Waals surface area contributed by atoms with E-state index in [0.29, 0.717) is 5.56 Å². The Labute approximate surface area is 135 Å². The molecule has 0 amide bonds. The number of aliphatic hydroxyl groups is 1. The van der Waals surface area contributed by atoms with Gasteiger partial charge in [-0.3, -0.25) is 4.98 Å². The van der Waals surface area contributed by atoms with Crippen molar-refractivity contribution >= 4 is 0 Å². The van der Waals surface area contributed by atoms with Crippen LogP contribution in [0.2, 0.25) is 0 Å². The maximum absolute atomic E-state index is 13.2. The fourth-order valence-corrected chi connectivity index (χ4v) is 2.93. The zero-order valence-electron chi connectivity index (χ0n) is 12.9. The normalized spacial score (nSPS) is 14.9. The zero-order chi connectivity index (χ0) is 16.3. The highest BCUT2D eigenvalue weighted by atomic mass is 19.1. The number of rotatable bonds is 4. The Balaban J connectivity index is 2.13. The summed E-state index contributed by atoms with van der Waals surface area (Å²) in [5.41, 5.74) is 1.16. The molecule has 2 aromatic carbocycles. The van der Waals surface area contributed by atoms with Crippen LogP contribution in [0.15, 0.2) is 79.0 Å². The highest BCUT2D eigenvalue weighted by Gasteiger charge is 2.36. The van der Waals surface area contributed by atoms with Gasteiger partial charge in [0.15, 0.2) is 0 Å². The number of nitrogens with zero attached hydrogens (tertiary/aromatic N) is 1. The van der Waals surface area contributed by atoms with E-state index in [-0.39, 0.29) is 11.7 Å². The maximum atomic E-state index is 13.2. The third-order valence-corrected chi connectivity index (χ3v) is 4.11. The molecule has 0 unspecified atom stereocenters. The van der Waals surface area contributed by atoms with Crippen molar-refractivity contribution in [1.29, 1.82) is 0 Å². The van der Waals surface area contributed by atoms with Gasteiger partial charge in [-0.15, -0.1) is 0 Å². The molecule has 3 heteroatoms. The second-order valence-corrected chi connectivity index (χ2v) is 5.75. The van der Waals surface area contributed by atoms with E-state index in [0.717, 1.165) is 11.3 Å². The quantitative estimate of drug-likeness (QED) is 0.781. The lowest BCUT2D eigenvalue weighted by Gasteiger charge is -2.33. The van der Waals surface area contributed by atoms with E-state index in [4.69, 9.17) is 0 Å². The monoisotopic (exact) mass is 307 g/mol. The minimum Gasteiger partial charge on any atom is -0.384 e. The number of hydrogen-bond donors (Lipinski definition) is 1. The van der Waals surface area contributed by atoms with Crippen molar-refractivity contribution in [2.45, 2.75) is 18.4 Å². The molecule has 0 spiro atoms. The van der Waals surface area contributed by atoms with Crippen LogP contribution in [0.25, 0.3) is 0 Å². The average molecular weight is 307 g/mol. The van der Waals surface area contributed by atoms with Crippen LogP contribution in [-0.4, -0.2) is 10.1 Å². The molecule has 3 rings (SSSR count). The van der Waals surface area contributed by atoms with Gasteiger partial charge in [-0.05, 0) is 42.3 Å². The Bertz CT molecular complexity index is 715. The molecule has 0 radical (unpaired) electrons. The standard InChI is InChI=1S/C20H18FNO/c1-20(23,16-10-12-17(21)13-11-16)19(15-7-3-2-4-8-15)18-9-5-6-14-22-18/h2-14,19,23H,1H3/t19-,20-/m1/s1. The summed E-state index contributed by atoms with van der Waals surface area (Å²) >= 11 is 0. The van der Waals surface area contributed by atoms with E-state index in [1.54, 1.807) is 25.3 Å². The minimum atomic E-state index is -1.22. The van der Waals surface area contributed by atoms with Crippen LogP contribution >= 0.6 is 0 Å². The Hall–Kier alpha value is -2.52. The lowest BCUT2D eigenvalue weighted by atomic mass is 9.76. The molecule has 1 aromatic heterocycles. The Morgan fingerprint density at radius 3 is 2.17 bits per heavy atom. The Morgan fingerprint density at radius 1 is 0.913 bits per heavy atom. The van der Waals surface area contributed by atoms with E-state index in [1.807, 2.05) is 48.5 Å². The molecule has 2 nitrogen and oxygen atoms in total. The van der Waals surface area contributed by atoms with Gasteiger partial charge < -0.3 is 5.11 Å². The lowest BCUT2D eigenvalue weighted by molar-refractivity contribution is 0.0380. The topological polar surface area (TPSA) is 33.1 Å². The second kappa shape index (κ2) is 6.31. The van der Waals surface area contributed by atoms with Crippen LogP contribution in [0, 0.1) is 5.82 Å².